The van der Waals surface area contributed by atoms with Crippen LogP contribution in [0.2, 0.25) is 0 Å². The molecule has 0 aromatic rings. The highest BCUT2D eigenvalue weighted by atomic mass is 32.2. The molecule has 0 radical (unpaired) electrons. The van der Waals surface area contributed by atoms with Gasteiger partial charge in [-0.3, -0.25) is 4.79 Å². The van der Waals surface area contributed by atoms with Crippen LogP contribution in [-0.4, -0.2) is 48.5 Å². The smallest absolute Gasteiger partial charge is 0.222 e. The van der Waals surface area contributed by atoms with Crippen molar-refractivity contribution >= 4 is 17.7 Å². The summed E-state index contributed by atoms with van der Waals surface area (Å²) in [6.45, 7) is 6.30. The zero-order valence-electron chi connectivity index (χ0n) is 12.2. The molecule has 2 saturated heterocycles. The maximum absolute atomic E-state index is 12.3. The van der Waals surface area contributed by atoms with Crippen molar-refractivity contribution in [2.45, 2.75) is 39.0 Å². The van der Waals surface area contributed by atoms with Crippen LogP contribution in [0.5, 0.6) is 0 Å². The number of thioether (sulfide) groups is 1. The molecule has 2 rings (SSSR count). The van der Waals surface area contributed by atoms with Crippen LogP contribution >= 0.6 is 11.8 Å². The van der Waals surface area contributed by atoms with Crippen LogP contribution in [0.25, 0.3) is 0 Å². The summed E-state index contributed by atoms with van der Waals surface area (Å²) in [6, 6.07) is 0. The number of nitrogens with zero attached hydrogens (tertiary/aromatic N) is 1. The lowest BCUT2D eigenvalue weighted by molar-refractivity contribution is -0.133. The molecule has 2 fully saturated rings. The van der Waals surface area contributed by atoms with Gasteiger partial charge in [0.1, 0.15) is 0 Å². The number of piperidine rings is 1. The van der Waals surface area contributed by atoms with Gasteiger partial charge < -0.3 is 10.2 Å². The van der Waals surface area contributed by atoms with Gasteiger partial charge in [0, 0.05) is 19.5 Å². The molecule has 2 aliphatic heterocycles. The minimum absolute atomic E-state index is 0.416. The molecule has 1 amide bonds. The molecular weight excluding hydrogens is 256 g/mol. The number of rotatable bonds is 5. The van der Waals surface area contributed by atoms with Crippen molar-refractivity contribution in [3.8, 4) is 0 Å². The summed E-state index contributed by atoms with van der Waals surface area (Å²) in [4.78, 5) is 14.4. The second kappa shape index (κ2) is 8.15. The Labute approximate surface area is 121 Å². The highest BCUT2D eigenvalue weighted by molar-refractivity contribution is 7.99. The molecule has 0 spiro atoms. The summed E-state index contributed by atoms with van der Waals surface area (Å²) in [6.07, 6.45) is 5.65. The number of hydrogen-bond acceptors (Lipinski definition) is 3. The van der Waals surface area contributed by atoms with E-state index in [1.54, 1.807) is 0 Å². The molecule has 0 unspecified atom stereocenters. The lowest BCUT2D eigenvalue weighted by atomic mass is 9.94. The van der Waals surface area contributed by atoms with Crippen LogP contribution in [0.4, 0.5) is 0 Å². The first kappa shape index (κ1) is 15.2. The van der Waals surface area contributed by atoms with Crippen LogP contribution in [0.3, 0.4) is 0 Å². The van der Waals surface area contributed by atoms with Crippen LogP contribution in [0.15, 0.2) is 0 Å². The second-order valence-corrected chi connectivity index (χ2v) is 7.12. The fraction of sp³-hybridized carbons (Fsp3) is 0.933. The molecule has 1 N–H and O–H groups in total. The summed E-state index contributed by atoms with van der Waals surface area (Å²) in [7, 11) is 0. The molecular formula is C15H28N2OS. The van der Waals surface area contributed by atoms with Gasteiger partial charge in [-0.25, -0.2) is 0 Å². The van der Waals surface area contributed by atoms with E-state index in [0.29, 0.717) is 11.8 Å². The Morgan fingerprint density at radius 3 is 2.47 bits per heavy atom. The van der Waals surface area contributed by atoms with Crippen LogP contribution in [-0.2, 0) is 4.79 Å². The third kappa shape index (κ3) is 4.99. The number of carbonyl (C=O) groups excluding carboxylic acids is 1. The summed E-state index contributed by atoms with van der Waals surface area (Å²) in [5.74, 6) is 4.35. The highest BCUT2D eigenvalue weighted by Crippen LogP contribution is 2.26. The van der Waals surface area contributed by atoms with Crippen molar-refractivity contribution in [2.75, 3.05) is 37.7 Å². The van der Waals surface area contributed by atoms with Gasteiger partial charge >= 0.3 is 0 Å². The molecule has 2 heterocycles. The molecule has 0 saturated carbocycles. The quantitative estimate of drug-likeness (QED) is 0.841. The van der Waals surface area contributed by atoms with E-state index in [1.165, 1.54) is 37.2 Å². The van der Waals surface area contributed by atoms with Gasteiger partial charge in [0.2, 0.25) is 5.91 Å². The first-order chi connectivity index (χ1) is 9.29. The molecule has 0 bridgehead atoms. The molecule has 19 heavy (non-hydrogen) atoms. The minimum atomic E-state index is 0.416. The number of nitrogens with one attached hydrogen (secondary N) is 1. The Balaban J connectivity index is 1.67. The van der Waals surface area contributed by atoms with Gasteiger partial charge in [-0.1, -0.05) is 6.92 Å². The molecule has 0 aliphatic carbocycles. The topological polar surface area (TPSA) is 32.3 Å². The van der Waals surface area contributed by atoms with Crippen LogP contribution in [0.1, 0.15) is 39.0 Å². The van der Waals surface area contributed by atoms with Gasteiger partial charge in [-0.15, -0.1) is 0 Å². The molecule has 110 valence electrons. The van der Waals surface area contributed by atoms with Crippen LogP contribution in [0, 0.1) is 11.8 Å². The summed E-state index contributed by atoms with van der Waals surface area (Å²) < 4.78 is 0. The van der Waals surface area contributed by atoms with E-state index in [9.17, 15) is 4.79 Å². The monoisotopic (exact) mass is 284 g/mol. The third-order valence-electron chi connectivity index (χ3n) is 4.45. The van der Waals surface area contributed by atoms with Crippen molar-refractivity contribution < 1.29 is 4.79 Å². The maximum Gasteiger partial charge on any atom is 0.222 e. The van der Waals surface area contributed by atoms with Gasteiger partial charge in [-0.05, 0) is 62.1 Å². The van der Waals surface area contributed by atoms with E-state index in [4.69, 9.17) is 0 Å². The van der Waals surface area contributed by atoms with Crippen molar-refractivity contribution in [3.05, 3.63) is 0 Å². The first-order valence-corrected chi connectivity index (χ1v) is 9.01. The largest absolute Gasteiger partial charge is 0.343 e. The zero-order valence-corrected chi connectivity index (χ0v) is 13.0. The molecule has 0 atom stereocenters. The lowest BCUT2D eigenvalue weighted by Crippen LogP contribution is -2.41. The summed E-state index contributed by atoms with van der Waals surface area (Å²) >= 11 is 2.04. The molecule has 4 heteroatoms. The van der Waals surface area contributed by atoms with E-state index in [0.717, 1.165) is 38.5 Å². The predicted molar refractivity (Wildman–Crippen MR) is 82.5 cm³/mol. The standard InChI is InChI=1S/C15H28N2OS/c1-2-16-12-14-3-7-17(8-4-14)15(18)11-13-5-9-19-10-6-13/h13-14,16H,2-12H2,1H3. The Morgan fingerprint density at radius 2 is 1.84 bits per heavy atom. The SMILES string of the molecule is CCNCC1CCN(C(=O)CC2CCSCC2)CC1. The van der Waals surface area contributed by atoms with Gasteiger partial charge in [0.25, 0.3) is 0 Å². The Morgan fingerprint density at radius 1 is 1.16 bits per heavy atom. The van der Waals surface area contributed by atoms with Gasteiger partial charge in [-0.2, -0.15) is 11.8 Å². The Hall–Kier alpha value is -0.220. The van der Waals surface area contributed by atoms with Crippen molar-refractivity contribution in [1.29, 1.82) is 0 Å². The molecule has 3 nitrogen and oxygen atoms in total. The number of carbonyl (C=O) groups is 1. The Kier molecular flexibility index (Phi) is 6.51. The molecule has 0 aromatic carbocycles. The lowest BCUT2D eigenvalue weighted by Gasteiger charge is -2.33. The fourth-order valence-electron chi connectivity index (χ4n) is 3.06. The minimum Gasteiger partial charge on any atom is -0.343 e. The third-order valence-corrected chi connectivity index (χ3v) is 5.50. The van der Waals surface area contributed by atoms with E-state index in [2.05, 4.69) is 17.1 Å². The average Bonchev–Trinajstić information content (AvgIpc) is 2.46. The number of likely N-dealkylation sites (tertiary alicyclic amines) is 1. The van der Waals surface area contributed by atoms with Crippen molar-refractivity contribution in [1.82, 2.24) is 10.2 Å². The molecule has 0 aromatic heterocycles. The molecule has 2 aliphatic rings. The zero-order chi connectivity index (χ0) is 13.5. The summed E-state index contributed by atoms with van der Waals surface area (Å²) in [5.41, 5.74) is 0. The second-order valence-electron chi connectivity index (χ2n) is 5.89. The Bertz CT molecular complexity index is 271. The normalized spacial score (nSPS) is 22.7. The summed E-state index contributed by atoms with van der Waals surface area (Å²) in [5, 5.41) is 3.42. The predicted octanol–water partition coefficient (Wildman–Crippen LogP) is 2.37. The van der Waals surface area contributed by atoms with Crippen molar-refractivity contribution in [3.63, 3.8) is 0 Å². The van der Waals surface area contributed by atoms with Crippen molar-refractivity contribution in [2.24, 2.45) is 11.8 Å². The van der Waals surface area contributed by atoms with E-state index in [-0.39, 0.29) is 0 Å². The number of amides is 1. The van der Waals surface area contributed by atoms with E-state index in [1.807, 2.05) is 11.8 Å². The number of hydrogen-bond donors (Lipinski definition) is 1. The highest BCUT2D eigenvalue weighted by Gasteiger charge is 2.25. The van der Waals surface area contributed by atoms with Gasteiger partial charge in [0.15, 0.2) is 0 Å². The average molecular weight is 284 g/mol. The van der Waals surface area contributed by atoms with E-state index < -0.39 is 0 Å². The maximum atomic E-state index is 12.3. The first-order valence-electron chi connectivity index (χ1n) is 7.85. The van der Waals surface area contributed by atoms with Crippen LogP contribution < -0.4 is 5.32 Å². The van der Waals surface area contributed by atoms with Gasteiger partial charge in [0.05, 0.1) is 0 Å². The fourth-order valence-corrected chi connectivity index (χ4v) is 4.27. The van der Waals surface area contributed by atoms with E-state index >= 15 is 0 Å².